The Morgan fingerprint density at radius 2 is 1.78 bits per heavy atom. The lowest BCUT2D eigenvalue weighted by Crippen LogP contribution is -2.32. The molecular weight excluding hydrogens is 358 g/mol. The van der Waals surface area contributed by atoms with E-state index in [0.717, 1.165) is 0 Å². The largest absolute Gasteiger partial charge is 0.332 e. The predicted molar refractivity (Wildman–Crippen MR) is 96.3 cm³/mol. The summed E-state index contributed by atoms with van der Waals surface area (Å²) in [5, 5.41) is 6.23. The van der Waals surface area contributed by atoms with Gasteiger partial charge in [0.25, 0.3) is 0 Å². The van der Waals surface area contributed by atoms with Crippen LogP contribution in [0.4, 0.5) is 10.1 Å². The van der Waals surface area contributed by atoms with Crippen molar-refractivity contribution in [2.45, 2.75) is 0 Å². The van der Waals surface area contributed by atoms with E-state index in [9.17, 15) is 9.18 Å². The molecule has 1 amide bonds. The van der Waals surface area contributed by atoms with Gasteiger partial charge in [-0.2, -0.15) is 0 Å². The molecule has 0 saturated carbocycles. The van der Waals surface area contributed by atoms with Gasteiger partial charge in [0.05, 0.1) is 10.0 Å². The first kappa shape index (κ1) is 17.4. The van der Waals surface area contributed by atoms with E-state index in [1.54, 1.807) is 36.4 Å². The highest BCUT2D eigenvalue weighted by Crippen LogP contribution is 2.24. The van der Waals surface area contributed by atoms with E-state index in [2.05, 4.69) is 10.6 Å². The molecule has 0 radical (unpaired) electrons. The highest BCUT2D eigenvalue weighted by atomic mass is 35.5. The average molecular weight is 369 g/mol. The maximum Gasteiger partial charge on any atom is 0.250 e. The van der Waals surface area contributed by atoms with Crippen LogP contribution in [0, 0.1) is 5.82 Å². The fourth-order valence-corrected chi connectivity index (χ4v) is 2.15. The Morgan fingerprint density at radius 1 is 1.09 bits per heavy atom. The van der Waals surface area contributed by atoms with E-state index in [1.165, 1.54) is 18.2 Å². The van der Waals surface area contributed by atoms with Crippen molar-refractivity contribution in [3.63, 3.8) is 0 Å². The first-order valence-electron chi connectivity index (χ1n) is 6.45. The van der Waals surface area contributed by atoms with Crippen molar-refractivity contribution in [2.75, 3.05) is 5.32 Å². The Hall–Kier alpha value is -1.95. The molecule has 2 aromatic carbocycles. The molecule has 118 valence electrons. The summed E-state index contributed by atoms with van der Waals surface area (Å²) < 4.78 is 12.8. The zero-order valence-corrected chi connectivity index (χ0v) is 14.0. The van der Waals surface area contributed by atoms with Gasteiger partial charge < -0.3 is 5.32 Å². The second-order valence-corrected chi connectivity index (χ2v) is 5.68. The molecule has 3 nitrogen and oxygen atoms in total. The number of nitrogens with one attached hydrogen (secondary N) is 2. The van der Waals surface area contributed by atoms with Gasteiger partial charge in [-0.3, -0.25) is 10.1 Å². The topological polar surface area (TPSA) is 41.1 Å². The van der Waals surface area contributed by atoms with Crippen LogP contribution in [-0.4, -0.2) is 11.0 Å². The number of anilines is 1. The molecule has 2 aromatic rings. The van der Waals surface area contributed by atoms with Crippen LogP contribution in [-0.2, 0) is 4.79 Å². The zero-order valence-electron chi connectivity index (χ0n) is 11.6. The molecule has 2 N–H and O–H groups in total. The number of amides is 1. The molecule has 0 aliphatic heterocycles. The maximum atomic E-state index is 12.8. The van der Waals surface area contributed by atoms with Crippen molar-refractivity contribution in [1.29, 1.82) is 0 Å². The van der Waals surface area contributed by atoms with E-state index >= 15 is 0 Å². The second kappa shape index (κ2) is 8.06. The molecule has 0 heterocycles. The van der Waals surface area contributed by atoms with E-state index < -0.39 is 5.91 Å². The van der Waals surface area contributed by atoms with Crippen LogP contribution >= 0.6 is 35.4 Å². The molecule has 0 spiro atoms. The summed E-state index contributed by atoms with van der Waals surface area (Å²) in [7, 11) is 0. The summed E-state index contributed by atoms with van der Waals surface area (Å²) in [6, 6.07) is 10.6. The van der Waals surface area contributed by atoms with Crippen LogP contribution in [0.25, 0.3) is 6.08 Å². The van der Waals surface area contributed by atoms with Crippen molar-refractivity contribution < 1.29 is 9.18 Å². The molecule has 0 unspecified atom stereocenters. The number of hydrogen-bond donors (Lipinski definition) is 2. The Kier molecular flexibility index (Phi) is 6.10. The third-order valence-electron chi connectivity index (χ3n) is 2.71. The Morgan fingerprint density at radius 3 is 2.43 bits per heavy atom. The van der Waals surface area contributed by atoms with Gasteiger partial charge in [-0.1, -0.05) is 35.3 Å². The highest BCUT2D eigenvalue weighted by Gasteiger charge is 2.04. The molecule has 0 bridgehead atoms. The first-order chi connectivity index (χ1) is 10.9. The molecule has 0 aliphatic rings. The van der Waals surface area contributed by atoms with Crippen LogP contribution in [0.2, 0.25) is 10.0 Å². The molecule has 0 fully saturated rings. The average Bonchev–Trinajstić information content (AvgIpc) is 2.50. The van der Waals surface area contributed by atoms with Gasteiger partial charge in [0, 0.05) is 11.8 Å². The summed E-state index contributed by atoms with van der Waals surface area (Å²) >= 11 is 16.7. The van der Waals surface area contributed by atoms with Gasteiger partial charge >= 0.3 is 0 Å². The monoisotopic (exact) mass is 368 g/mol. The normalized spacial score (nSPS) is 10.6. The number of rotatable bonds is 3. The van der Waals surface area contributed by atoms with Crippen molar-refractivity contribution >= 4 is 58.2 Å². The van der Waals surface area contributed by atoms with E-state index in [4.69, 9.17) is 35.4 Å². The van der Waals surface area contributed by atoms with Gasteiger partial charge in [0.2, 0.25) is 5.91 Å². The molecule has 23 heavy (non-hydrogen) atoms. The lowest BCUT2D eigenvalue weighted by molar-refractivity contribution is -0.115. The second-order valence-electron chi connectivity index (χ2n) is 4.46. The van der Waals surface area contributed by atoms with E-state index in [0.29, 0.717) is 21.3 Å². The van der Waals surface area contributed by atoms with Crippen LogP contribution in [0.3, 0.4) is 0 Å². The molecule has 0 aliphatic carbocycles. The van der Waals surface area contributed by atoms with Crippen LogP contribution in [0.15, 0.2) is 48.5 Å². The van der Waals surface area contributed by atoms with Crippen LogP contribution < -0.4 is 10.6 Å². The lowest BCUT2D eigenvalue weighted by Gasteiger charge is -2.08. The predicted octanol–water partition coefficient (Wildman–Crippen LogP) is 4.66. The smallest absolute Gasteiger partial charge is 0.250 e. The summed E-state index contributed by atoms with van der Waals surface area (Å²) in [6.45, 7) is 0. The summed E-state index contributed by atoms with van der Waals surface area (Å²) in [5.74, 6) is -0.745. The molecule has 0 aromatic heterocycles. The lowest BCUT2D eigenvalue weighted by atomic mass is 10.2. The van der Waals surface area contributed by atoms with Crippen molar-refractivity contribution in [3.8, 4) is 0 Å². The first-order valence-corrected chi connectivity index (χ1v) is 7.61. The standard InChI is InChI=1S/C16H11Cl2FN2OS/c17-13-7-6-12(9-14(13)18)20-16(23)21-15(22)8-3-10-1-4-11(19)5-2-10/h1-9H,(H2,20,21,22,23). The third kappa shape index (κ3) is 5.63. The summed E-state index contributed by atoms with van der Waals surface area (Å²) in [4.78, 5) is 11.8. The number of thiocarbonyl (C=S) groups is 1. The molecule has 2 rings (SSSR count). The van der Waals surface area contributed by atoms with Gasteiger partial charge in [-0.25, -0.2) is 4.39 Å². The van der Waals surface area contributed by atoms with E-state index in [-0.39, 0.29) is 10.9 Å². The Labute approximate surface area is 148 Å². The van der Waals surface area contributed by atoms with Gasteiger partial charge in [-0.15, -0.1) is 0 Å². The zero-order chi connectivity index (χ0) is 16.8. The number of carbonyl (C=O) groups excluding carboxylic acids is 1. The van der Waals surface area contributed by atoms with Crippen LogP contribution in [0.5, 0.6) is 0 Å². The number of hydrogen-bond acceptors (Lipinski definition) is 2. The maximum absolute atomic E-state index is 12.8. The van der Waals surface area contributed by atoms with Crippen molar-refractivity contribution in [2.24, 2.45) is 0 Å². The third-order valence-corrected chi connectivity index (χ3v) is 3.65. The SMILES string of the molecule is O=C(C=Cc1ccc(F)cc1)NC(=S)Nc1ccc(Cl)c(Cl)c1. The minimum Gasteiger partial charge on any atom is -0.332 e. The molecule has 0 saturated heterocycles. The molecule has 0 atom stereocenters. The van der Waals surface area contributed by atoms with Gasteiger partial charge in [-0.05, 0) is 54.2 Å². The molecular formula is C16H11Cl2FN2OS. The van der Waals surface area contributed by atoms with Crippen molar-refractivity contribution in [1.82, 2.24) is 5.32 Å². The molecule has 7 heteroatoms. The number of halogens is 3. The van der Waals surface area contributed by atoms with Crippen molar-refractivity contribution in [3.05, 3.63) is 70.0 Å². The van der Waals surface area contributed by atoms with E-state index in [1.807, 2.05) is 0 Å². The quantitative estimate of drug-likeness (QED) is 0.611. The Bertz CT molecular complexity index is 763. The summed E-state index contributed by atoms with van der Waals surface area (Å²) in [6.07, 6.45) is 2.85. The fourth-order valence-electron chi connectivity index (χ4n) is 1.64. The minimum absolute atomic E-state index is 0.122. The number of carbonyl (C=O) groups is 1. The minimum atomic E-state index is -0.410. The summed E-state index contributed by atoms with van der Waals surface area (Å²) in [5.41, 5.74) is 1.30. The fraction of sp³-hybridized carbons (Fsp3) is 0. The Balaban J connectivity index is 1.90. The van der Waals surface area contributed by atoms with Gasteiger partial charge in [0.15, 0.2) is 5.11 Å². The number of benzene rings is 2. The van der Waals surface area contributed by atoms with Crippen LogP contribution in [0.1, 0.15) is 5.56 Å². The highest BCUT2D eigenvalue weighted by molar-refractivity contribution is 7.80. The van der Waals surface area contributed by atoms with Gasteiger partial charge in [0.1, 0.15) is 5.82 Å².